The van der Waals surface area contributed by atoms with Crippen LogP contribution < -0.4 is 0 Å². The lowest BCUT2D eigenvalue weighted by Crippen LogP contribution is -2.58. The molecule has 1 aromatic carbocycles. The van der Waals surface area contributed by atoms with Gasteiger partial charge in [-0.05, 0) is 74.2 Å². The number of halogens is 1. The lowest BCUT2D eigenvalue weighted by atomic mass is 9.59. The molecule has 1 aliphatic carbocycles. The Kier molecular flexibility index (Phi) is 3.98. The van der Waals surface area contributed by atoms with Crippen molar-refractivity contribution in [3.63, 3.8) is 0 Å². The number of aromatic hydroxyl groups is 1. The molecule has 3 rings (SSSR count). The van der Waals surface area contributed by atoms with Crippen LogP contribution in [0.3, 0.4) is 0 Å². The molecule has 0 spiro atoms. The summed E-state index contributed by atoms with van der Waals surface area (Å²) < 4.78 is 0. The van der Waals surface area contributed by atoms with Gasteiger partial charge >= 0.3 is 0 Å². The van der Waals surface area contributed by atoms with E-state index in [2.05, 4.69) is 38.7 Å². The Bertz CT molecular complexity index is 565. The third-order valence-electron chi connectivity index (χ3n) is 6.10. The third-order valence-corrected chi connectivity index (χ3v) is 6.29. The lowest BCUT2D eigenvalue weighted by molar-refractivity contribution is 0.0293. The predicted octanol–water partition coefficient (Wildman–Crippen LogP) is 4.32. The number of benzene rings is 1. The van der Waals surface area contributed by atoms with Crippen molar-refractivity contribution in [3.05, 3.63) is 29.3 Å². The topological polar surface area (TPSA) is 23.5 Å². The molecule has 2 nitrogen and oxygen atoms in total. The average Bonchev–Trinajstić information content (AvgIpc) is 2.42. The molecule has 122 valence electrons. The fourth-order valence-electron chi connectivity index (χ4n) is 4.38. The molecular weight excluding hydrogens is 294 g/mol. The highest BCUT2D eigenvalue weighted by molar-refractivity contribution is 6.23. The van der Waals surface area contributed by atoms with Crippen molar-refractivity contribution in [3.8, 4) is 5.75 Å². The molecule has 0 amide bonds. The fourth-order valence-corrected chi connectivity index (χ4v) is 4.47. The first-order valence-electron chi connectivity index (χ1n) is 8.46. The molecule has 22 heavy (non-hydrogen) atoms. The highest BCUT2D eigenvalue weighted by Gasteiger charge is 2.48. The summed E-state index contributed by atoms with van der Waals surface area (Å²) in [5.41, 5.74) is 2.97. The van der Waals surface area contributed by atoms with Crippen LogP contribution in [-0.2, 0) is 11.8 Å². The maximum atomic E-state index is 9.89. The average molecular weight is 322 g/mol. The van der Waals surface area contributed by atoms with Crippen molar-refractivity contribution < 1.29 is 5.11 Å². The van der Waals surface area contributed by atoms with Gasteiger partial charge in [-0.1, -0.05) is 19.9 Å². The number of phenols is 1. The first kappa shape index (κ1) is 16.1. The zero-order valence-electron chi connectivity index (χ0n) is 14.2. The number of alkyl halides is 1. The van der Waals surface area contributed by atoms with Crippen molar-refractivity contribution in [1.29, 1.82) is 0 Å². The van der Waals surface area contributed by atoms with Gasteiger partial charge in [-0.15, -0.1) is 11.6 Å². The van der Waals surface area contributed by atoms with E-state index in [9.17, 15) is 5.11 Å². The van der Waals surface area contributed by atoms with E-state index >= 15 is 0 Å². The van der Waals surface area contributed by atoms with Gasteiger partial charge in [0.05, 0.1) is 0 Å². The van der Waals surface area contributed by atoms with Crippen LogP contribution in [-0.4, -0.2) is 34.0 Å². The molecule has 1 saturated heterocycles. The minimum atomic E-state index is -0.123. The number of nitrogens with zero attached hydrogens (tertiary/aromatic N) is 1. The van der Waals surface area contributed by atoms with Gasteiger partial charge in [-0.25, -0.2) is 0 Å². The second kappa shape index (κ2) is 5.42. The summed E-state index contributed by atoms with van der Waals surface area (Å²) in [7, 11) is 0. The van der Waals surface area contributed by atoms with Gasteiger partial charge in [0.15, 0.2) is 0 Å². The zero-order valence-corrected chi connectivity index (χ0v) is 15.0. The largest absolute Gasteiger partial charge is 0.508 e. The van der Waals surface area contributed by atoms with Gasteiger partial charge in [0, 0.05) is 17.5 Å². The van der Waals surface area contributed by atoms with Gasteiger partial charge in [0.25, 0.3) is 0 Å². The van der Waals surface area contributed by atoms with Gasteiger partial charge in [0.1, 0.15) is 5.75 Å². The Balaban J connectivity index is 1.88. The highest BCUT2D eigenvalue weighted by atomic mass is 35.5. The minimum absolute atomic E-state index is 0.123. The Morgan fingerprint density at radius 3 is 2.82 bits per heavy atom. The van der Waals surface area contributed by atoms with E-state index in [0.717, 1.165) is 32.4 Å². The van der Waals surface area contributed by atoms with E-state index in [1.165, 1.54) is 11.1 Å². The minimum Gasteiger partial charge on any atom is -0.508 e. The van der Waals surface area contributed by atoms with Crippen molar-refractivity contribution in [1.82, 2.24) is 4.90 Å². The number of fused-ring (bicyclic) bond motifs is 4. The van der Waals surface area contributed by atoms with Crippen LogP contribution in [0.2, 0.25) is 0 Å². The maximum absolute atomic E-state index is 9.89. The quantitative estimate of drug-likeness (QED) is 0.838. The molecule has 1 heterocycles. The van der Waals surface area contributed by atoms with Crippen molar-refractivity contribution in [2.45, 2.75) is 63.3 Å². The Morgan fingerprint density at radius 2 is 2.14 bits per heavy atom. The van der Waals surface area contributed by atoms with E-state index in [1.54, 1.807) is 0 Å². The standard InChI is InChI=1S/C19H28ClNO/c1-13-17-11-14-5-6-15(22)12-16(14)19(13,4)8-10-21(17)9-7-18(2,3)20/h5-6,12-13,17,22H,7-11H2,1-4H3/t13-,17-,19-/m1/s1. The van der Waals surface area contributed by atoms with Gasteiger partial charge in [-0.3, -0.25) is 4.90 Å². The Morgan fingerprint density at radius 1 is 1.41 bits per heavy atom. The van der Waals surface area contributed by atoms with Crippen LogP contribution in [0.5, 0.6) is 5.75 Å². The van der Waals surface area contributed by atoms with E-state index in [-0.39, 0.29) is 10.3 Å². The number of phenolic OH excluding ortho intramolecular Hbond substituents is 1. The van der Waals surface area contributed by atoms with Crippen molar-refractivity contribution in [2.75, 3.05) is 13.1 Å². The normalized spacial score (nSPS) is 31.9. The van der Waals surface area contributed by atoms with Gasteiger partial charge in [0.2, 0.25) is 0 Å². The predicted molar refractivity (Wildman–Crippen MR) is 92.9 cm³/mol. The van der Waals surface area contributed by atoms with Gasteiger partial charge in [-0.2, -0.15) is 0 Å². The smallest absolute Gasteiger partial charge is 0.115 e. The molecule has 0 saturated carbocycles. The van der Waals surface area contributed by atoms with Crippen LogP contribution >= 0.6 is 11.6 Å². The molecule has 1 N–H and O–H groups in total. The highest BCUT2D eigenvalue weighted by Crippen LogP contribution is 2.49. The molecule has 3 heteroatoms. The second-order valence-corrected chi connectivity index (χ2v) is 9.10. The molecule has 1 aromatic rings. The Hall–Kier alpha value is -0.730. The van der Waals surface area contributed by atoms with Crippen LogP contribution in [0, 0.1) is 5.92 Å². The number of hydrogen-bond acceptors (Lipinski definition) is 2. The fraction of sp³-hybridized carbons (Fsp3) is 0.684. The molecule has 0 unspecified atom stereocenters. The Labute approximate surface area is 139 Å². The molecule has 1 aliphatic heterocycles. The first-order valence-corrected chi connectivity index (χ1v) is 8.84. The van der Waals surface area contributed by atoms with Crippen LogP contribution in [0.4, 0.5) is 0 Å². The first-order chi connectivity index (χ1) is 10.2. The summed E-state index contributed by atoms with van der Waals surface area (Å²) in [6, 6.07) is 6.55. The van der Waals surface area contributed by atoms with E-state index in [1.807, 2.05) is 12.1 Å². The molecule has 0 aromatic heterocycles. The SMILES string of the molecule is C[C@@H]1[C@H]2Cc3ccc(O)cc3[C@]1(C)CCN2CCC(C)(C)Cl. The van der Waals surface area contributed by atoms with E-state index in [4.69, 9.17) is 11.6 Å². The van der Waals surface area contributed by atoms with E-state index < -0.39 is 0 Å². The number of hydrogen-bond donors (Lipinski definition) is 1. The van der Waals surface area contributed by atoms with E-state index in [0.29, 0.717) is 17.7 Å². The summed E-state index contributed by atoms with van der Waals surface area (Å²) in [5, 5.41) is 9.89. The van der Waals surface area contributed by atoms with Gasteiger partial charge < -0.3 is 5.11 Å². The molecule has 2 aliphatic rings. The molecule has 3 atom stereocenters. The zero-order chi connectivity index (χ0) is 16.1. The summed E-state index contributed by atoms with van der Waals surface area (Å²) >= 11 is 6.39. The lowest BCUT2D eigenvalue weighted by Gasteiger charge is -2.55. The molecule has 2 bridgehead atoms. The number of piperidine rings is 1. The van der Waals surface area contributed by atoms with Crippen LogP contribution in [0.1, 0.15) is 51.7 Å². The summed E-state index contributed by atoms with van der Waals surface area (Å²) in [6.07, 6.45) is 3.27. The molecule has 1 fully saturated rings. The monoisotopic (exact) mass is 321 g/mol. The number of likely N-dealkylation sites (tertiary alicyclic amines) is 1. The third kappa shape index (κ3) is 2.76. The van der Waals surface area contributed by atoms with Crippen LogP contribution in [0.25, 0.3) is 0 Å². The van der Waals surface area contributed by atoms with Crippen molar-refractivity contribution in [2.24, 2.45) is 5.92 Å². The summed E-state index contributed by atoms with van der Waals surface area (Å²) in [5.74, 6) is 1.01. The second-order valence-electron chi connectivity index (χ2n) is 8.07. The summed E-state index contributed by atoms with van der Waals surface area (Å²) in [6.45, 7) is 11.2. The van der Waals surface area contributed by atoms with Crippen LogP contribution in [0.15, 0.2) is 18.2 Å². The molecule has 0 radical (unpaired) electrons. The molecular formula is C19H28ClNO. The number of rotatable bonds is 3. The maximum Gasteiger partial charge on any atom is 0.115 e. The van der Waals surface area contributed by atoms with Crippen molar-refractivity contribution >= 4 is 11.6 Å². The summed E-state index contributed by atoms with van der Waals surface area (Å²) in [4.78, 5) is 2.52.